The van der Waals surface area contributed by atoms with Crippen LogP contribution in [0, 0.1) is 13.8 Å². The Bertz CT molecular complexity index is 264. The van der Waals surface area contributed by atoms with Crippen molar-refractivity contribution in [3.63, 3.8) is 0 Å². The van der Waals surface area contributed by atoms with Crippen LogP contribution in [-0.4, -0.2) is 0 Å². The summed E-state index contributed by atoms with van der Waals surface area (Å²) in [4.78, 5) is 0. The molecule has 0 nitrogen and oxygen atoms in total. The fourth-order valence-corrected chi connectivity index (χ4v) is 1.19. The van der Waals surface area contributed by atoms with Crippen LogP contribution in [0.2, 0.25) is 0 Å². The Balaban J connectivity index is 0.000000671. The summed E-state index contributed by atoms with van der Waals surface area (Å²) in [7, 11) is 0. The normalized spacial score (nSPS) is 11.4. The predicted molar refractivity (Wildman–Crippen MR) is 64.6 cm³/mol. The highest BCUT2D eigenvalue weighted by molar-refractivity contribution is 7.80. The van der Waals surface area contributed by atoms with Gasteiger partial charge in [-0.1, -0.05) is 18.2 Å². The van der Waals surface area contributed by atoms with Crippen LogP contribution in [-0.2, 0) is 0 Å². The van der Waals surface area contributed by atoms with Crippen molar-refractivity contribution in [1.82, 2.24) is 0 Å². The van der Waals surface area contributed by atoms with E-state index in [1.165, 1.54) is 16.7 Å². The molecule has 0 spiro atoms. The lowest BCUT2D eigenvalue weighted by Gasteiger charge is -2.06. The highest BCUT2D eigenvalue weighted by atomic mass is 32.1. The summed E-state index contributed by atoms with van der Waals surface area (Å²) in [6.07, 6.45) is 0. The van der Waals surface area contributed by atoms with E-state index in [2.05, 4.69) is 64.8 Å². The fourth-order valence-electron chi connectivity index (χ4n) is 1.02. The molecule has 1 aromatic rings. The second-order valence-electron chi connectivity index (χ2n) is 3.02. The second-order valence-corrected chi connectivity index (χ2v) is 3.79. The first-order valence-electron chi connectivity index (χ1n) is 4.36. The average molecular weight is 194 g/mol. The molecular weight excluding hydrogens is 176 g/mol. The Kier molecular flexibility index (Phi) is 5.56. The molecule has 0 fully saturated rings. The smallest absolute Gasteiger partial charge is 0.0238 e. The minimum atomic E-state index is 0.342. The molecule has 0 radical (unpaired) electrons. The van der Waals surface area contributed by atoms with Crippen LogP contribution < -0.4 is 0 Å². The van der Waals surface area contributed by atoms with E-state index in [0.29, 0.717) is 5.25 Å². The fraction of sp³-hybridized carbons (Fsp3) is 0.333. The molecule has 0 amide bonds. The minimum Gasteiger partial charge on any atom is -0.171 e. The summed E-state index contributed by atoms with van der Waals surface area (Å²) in [6.45, 7) is 12.4. The van der Waals surface area contributed by atoms with Crippen molar-refractivity contribution < 1.29 is 0 Å². The van der Waals surface area contributed by atoms with Gasteiger partial charge in [0.05, 0.1) is 0 Å². The number of thiol groups is 1. The molecular formula is C12H18S. The first kappa shape index (κ1) is 12.3. The lowest BCUT2D eigenvalue weighted by atomic mass is 10.0. The van der Waals surface area contributed by atoms with Crippen molar-refractivity contribution in [2.24, 2.45) is 0 Å². The van der Waals surface area contributed by atoms with Crippen molar-refractivity contribution >= 4 is 12.6 Å². The molecule has 0 aliphatic carbocycles. The van der Waals surface area contributed by atoms with Gasteiger partial charge in [-0.3, -0.25) is 0 Å². The van der Waals surface area contributed by atoms with E-state index in [-0.39, 0.29) is 0 Å². The van der Waals surface area contributed by atoms with Crippen molar-refractivity contribution in [3.05, 3.63) is 48.0 Å². The van der Waals surface area contributed by atoms with Crippen LogP contribution in [0.4, 0.5) is 0 Å². The largest absolute Gasteiger partial charge is 0.171 e. The van der Waals surface area contributed by atoms with Gasteiger partial charge in [0.25, 0.3) is 0 Å². The Morgan fingerprint density at radius 3 is 2.08 bits per heavy atom. The van der Waals surface area contributed by atoms with E-state index in [4.69, 9.17) is 0 Å². The molecule has 72 valence electrons. The Hall–Kier alpha value is -0.690. The van der Waals surface area contributed by atoms with Gasteiger partial charge in [-0.2, -0.15) is 12.6 Å². The van der Waals surface area contributed by atoms with E-state index in [1.807, 2.05) is 0 Å². The molecule has 0 saturated heterocycles. The maximum Gasteiger partial charge on any atom is 0.0238 e. The molecule has 0 aliphatic heterocycles. The molecule has 1 heteroatoms. The van der Waals surface area contributed by atoms with Crippen molar-refractivity contribution in [1.29, 1.82) is 0 Å². The van der Waals surface area contributed by atoms with Crippen molar-refractivity contribution in [3.8, 4) is 0 Å². The third kappa shape index (κ3) is 3.69. The number of hydrogen-bond acceptors (Lipinski definition) is 1. The van der Waals surface area contributed by atoms with Crippen LogP contribution in [0.25, 0.3) is 0 Å². The van der Waals surface area contributed by atoms with Gasteiger partial charge in [-0.05, 0) is 37.5 Å². The van der Waals surface area contributed by atoms with E-state index in [1.54, 1.807) is 0 Å². The standard InChI is InChI=1S/C10H14S.C2H4/c1-7-4-5-10(9(3)11)6-8(7)2;1-2/h4-6,9,11H,1-3H3;1-2H2. The Morgan fingerprint density at radius 1 is 1.15 bits per heavy atom. The molecule has 13 heavy (non-hydrogen) atoms. The minimum absolute atomic E-state index is 0.342. The van der Waals surface area contributed by atoms with E-state index < -0.39 is 0 Å². The summed E-state index contributed by atoms with van der Waals surface area (Å²) in [6, 6.07) is 6.49. The lowest BCUT2D eigenvalue weighted by Crippen LogP contribution is -1.87. The Morgan fingerprint density at radius 2 is 1.69 bits per heavy atom. The van der Waals surface area contributed by atoms with Crippen LogP contribution in [0.1, 0.15) is 28.9 Å². The average Bonchev–Trinajstić information content (AvgIpc) is 2.13. The summed E-state index contributed by atoms with van der Waals surface area (Å²) in [5.74, 6) is 0. The number of rotatable bonds is 1. The van der Waals surface area contributed by atoms with Gasteiger partial charge in [0.15, 0.2) is 0 Å². The third-order valence-electron chi connectivity index (χ3n) is 2.01. The topological polar surface area (TPSA) is 0 Å². The summed E-state index contributed by atoms with van der Waals surface area (Å²) < 4.78 is 0. The van der Waals surface area contributed by atoms with Crippen LogP contribution in [0.5, 0.6) is 0 Å². The molecule has 0 aromatic heterocycles. The van der Waals surface area contributed by atoms with Gasteiger partial charge >= 0.3 is 0 Å². The number of aryl methyl sites for hydroxylation is 2. The summed E-state index contributed by atoms with van der Waals surface area (Å²) in [5.41, 5.74) is 4.00. The maximum atomic E-state index is 4.37. The zero-order chi connectivity index (χ0) is 10.4. The highest BCUT2D eigenvalue weighted by Crippen LogP contribution is 2.20. The van der Waals surface area contributed by atoms with Gasteiger partial charge in [0, 0.05) is 5.25 Å². The molecule has 0 saturated carbocycles. The highest BCUT2D eigenvalue weighted by Gasteiger charge is 1.99. The quantitative estimate of drug-likeness (QED) is 0.505. The monoisotopic (exact) mass is 194 g/mol. The number of benzene rings is 1. The first-order chi connectivity index (χ1) is 6.11. The van der Waals surface area contributed by atoms with Gasteiger partial charge in [-0.25, -0.2) is 0 Å². The van der Waals surface area contributed by atoms with E-state index in [0.717, 1.165) is 0 Å². The van der Waals surface area contributed by atoms with Gasteiger partial charge in [0.1, 0.15) is 0 Å². The predicted octanol–water partition coefficient (Wildman–Crippen LogP) is 4.10. The lowest BCUT2D eigenvalue weighted by molar-refractivity contribution is 1.10. The molecule has 1 unspecified atom stereocenters. The van der Waals surface area contributed by atoms with Gasteiger partial charge < -0.3 is 0 Å². The summed E-state index contributed by atoms with van der Waals surface area (Å²) in [5, 5.41) is 0.342. The third-order valence-corrected chi connectivity index (χ3v) is 2.31. The number of hydrogen-bond donors (Lipinski definition) is 1. The van der Waals surface area contributed by atoms with Crippen LogP contribution in [0.15, 0.2) is 31.4 Å². The summed E-state index contributed by atoms with van der Waals surface area (Å²) >= 11 is 4.37. The zero-order valence-corrected chi connectivity index (χ0v) is 9.57. The van der Waals surface area contributed by atoms with Crippen LogP contribution >= 0.6 is 12.6 Å². The molecule has 0 bridgehead atoms. The van der Waals surface area contributed by atoms with Gasteiger partial charge in [-0.15, -0.1) is 13.2 Å². The SMILES string of the molecule is C=C.Cc1ccc(C(C)S)cc1C. The zero-order valence-electron chi connectivity index (χ0n) is 8.67. The second kappa shape index (κ2) is 5.87. The maximum absolute atomic E-state index is 4.37. The van der Waals surface area contributed by atoms with Crippen LogP contribution in [0.3, 0.4) is 0 Å². The van der Waals surface area contributed by atoms with Gasteiger partial charge in [0.2, 0.25) is 0 Å². The Labute approximate surface area is 87.1 Å². The molecule has 1 rings (SSSR count). The van der Waals surface area contributed by atoms with E-state index >= 15 is 0 Å². The van der Waals surface area contributed by atoms with Crippen molar-refractivity contribution in [2.75, 3.05) is 0 Å². The van der Waals surface area contributed by atoms with Crippen molar-refractivity contribution in [2.45, 2.75) is 26.0 Å². The van der Waals surface area contributed by atoms with E-state index in [9.17, 15) is 0 Å². The molecule has 0 N–H and O–H groups in total. The first-order valence-corrected chi connectivity index (χ1v) is 4.88. The molecule has 1 atom stereocenters. The molecule has 1 aromatic carbocycles. The molecule has 0 heterocycles. The molecule has 0 aliphatic rings.